The number of nitrogens with zero attached hydrogens (tertiary/aromatic N) is 2. The van der Waals surface area contributed by atoms with E-state index in [1.165, 1.54) is 38.5 Å². The molecule has 1 amide bonds. The van der Waals surface area contributed by atoms with Gasteiger partial charge in [-0.1, -0.05) is 30.8 Å². The molecule has 1 fully saturated rings. The molecule has 0 aromatic rings. The first-order valence-electron chi connectivity index (χ1n) is 6.84. The third-order valence-electron chi connectivity index (χ3n) is 3.70. The molecule has 104 valence electrons. The first kappa shape index (κ1) is 14.8. The Kier molecular flexibility index (Phi) is 6.54. The molecule has 1 aliphatic carbocycles. The van der Waals surface area contributed by atoms with Gasteiger partial charge in [-0.25, -0.2) is 0 Å². The van der Waals surface area contributed by atoms with E-state index >= 15 is 0 Å². The highest BCUT2D eigenvalue weighted by Gasteiger charge is 2.18. The second-order valence-corrected chi connectivity index (χ2v) is 5.22. The van der Waals surface area contributed by atoms with Gasteiger partial charge in [0.25, 0.3) is 0 Å². The average Bonchev–Trinajstić information content (AvgIpc) is 2.63. The highest BCUT2D eigenvalue weighted by Crippen LogP contribution is 2.25. The molecule has 0 spiro atoms. The number of carbonyl (C=O) groups is 1. The van der Waals surface area contributed by atoms with Crippen LogP contribution in [0.3, 0.4) is 0 Å². The van der Waals surface area contributed by atoms with Crippen LogP contribution in [0.5, 0.6) is 0 Å². The van der Waals surface area contributed by atoms with E-state index in [2.05, 4.69) is 5.16 Å². The molecule has 5 heteroatoms. The fourth-order valence-corrected chi connectivity index (χ4v) is 2.43. The SMILES string of the molecule is CN(CCC(N)=NO)C(=O)CC1CCCCCC1. The third-order valence-corrected chi connectivity index (χ3v) is 3.70. The molecular formula is C13H25N3O2. The Morgan fingerprint density at radius 3 is 2.50 bits per heavy atom. The van der Waals surface area contributed by atoms with Gasteiger partial charge >= 0.3 is 0 Å². The summed E-state index contributed by atoms with van der Waals surface area (Å²) in [5.74, 6) is 0.892. The van der Waals surface area contributed by atoms with Crippen molar-refractivity contribution >= 4 is 11.7 Å². The summed E-state index contributed by atoms with van der Waals surface area (Å²) in [6.45, 7) is 0.515. The topological polar surface area (TPSA) is 78.9 Å². The molecule has 0 aliphatic heterocycles. The number of oxime groups is 1. The van der Waals surface area contributed by atoms with Crippen LogP contribution < -0.4 is 5.73 Å². The Hall–Kier alpha value is -1.26. The molecule has 1 rings (SSSR count). The lowest BCUT2D eigenvalue weighted by Crippen LogP contribution is -2.31. The van der Waals surface area contributed by atoms with Gasteiger partial charge in [-0.05, 0) is 18.8 Å². The lowest BCUT2D eigenvalue weighted by Gasteiger charge is -2.20. The number of hydrogen-bond donors (Lipinski definition) is 2. The second kappa shape index (κ2) is 7.95. The zero-order chi connectivity index (χ0) is 13.4. The van der Waals surface area contributed by atoms with E-state index < -0.39 is 0 Å². The van der Waals surface area contributed by atoms with E-state index in [1.807, 2.05) is 0 Å². The van der Waals surface area contributed by atoms with Crippen molar-refractivity contribution in [2.24, 2.45) is 16.8 Å². The number of amidine groups is 1. The maximum Gasteiger partial charge on any atom is 0.222 e. The predicted octanol–water partition coefficient (Wildman–Crippen LogP) is 1.94. The fraction of sp³-hybridized carbons (Fsp3) is 0.846. The summed E-state index contributed by atoms with van der Waals surface area (Å²) >= 11 is 0. The lowest BCUT2D eigenvalue weighted by molar-refractivity contribution is -0.130. The third kappa shape index (κ3) is 5.38. The summed E-state index contributed by atoms with van der Waals surface area (Å²) < 4.78 is 0. The first-order valence-corrected chi connectivity index (χ1v) is 6.84. The van der Waals surface area contributed by atoms with Crippen molar-refractivity contribution in [3.8, 4) is 0 Å². The van der Waals surface area contributed by atoms with Gasteiger partial charge in [0.15, 0.2) is 0 Å². The first-order chi connectivity index (χ1) is 8.63. The van der Waals surface area contributed by atoms with Crippen molar-refractivity contribution in [2.45, 2.75) is 51.4 Å². The van der Waals surface area contributed by atoms with Crippen LogP contribution in [-0.4, -0.2) is 35.4 Å². The van der Waals surface area contributed by atoms with Crippen molar-refractivity contribution in [1.29, 1.82) is 0 Å². The summed E-state index contributed by atoms with van der Waals surface area (Å²) in [5, 5.41) is 11.3. The minimum Gasteiger partial charge on any atom is -0.409 e. The highest BCUT2D eigenvalue weighted by molar-refractivity contribution is 5.81. The number of nitrogens with two attached hydrogens (primary N) is 1. The highest BCUT2D eigenvalue weighted by atomic mass is 16.4. The van der Waals surface area contributed by atoms with Gasteiger partial charge in [0.1, 0.15) is 5.84 Å². The second-order valence-electron chi connectivity index (χ2n) is 5.22. The van der Waals surface area contributed by atoms with Crippen molar-refractivity contribution in [2.75, 3.05) is 13.6 Å². The van der Waals surface area contributed by atoms with Crippen LogP contribution in [0.25, 0.3) is 0 Å². The van der Waals surface area contributed by atoms with Crippen LogP contribution in [0.2, 0.25) is 0 Å². The molecule has 18 heavy (non-hydrogen) atoms. The summed E-state index contributed by atoms with van der Waals surface area (Å²) in [6, 6.07) is 0. The summed E-state index contributed by atoms with van der Waals surface area (Å²) in [4.78, 5) is 13.7. The maximum atomic E-state index is 12.0. The summed E-state index contributed by atoms with van der Waals surface area (Å²) in [5.41, 5.74) is 5.39. The molecule has 0 bridgehead atoms. The molecule has 0 saturated heterocycles. The normalized spacial score (nSPS) is 18.4. The van der Waals surface area contributed by atoms with Gasteiger partial charge in [-0.3, -0.25) is 4.79 Å². The van der Waals surface area contributed by atoms with Gasteiger partial charge in [0.2, 0.25) is 5.91 Å². The van der Waals surface area contributed by atoms with E-state index in [0.29, 0.717) is 25.3 Å². The van der Waals surface area contributed by atoms with E-state index in [0.717, 1.165) is 0 Å². The molecule has 5 nitrogen and oxygen atoms in total. The van der Waals surface area contributed by atoms with Crippen LogP contribution in [-0.2, 0) is 4.79 Å². The van der Waals surface area contributed by atoms with Crippen LogP contribution in [0, 0.1) is 5.92 Å². The smallest absolute Gasteiger partial charge is 0.222 e. The van der Waals surface area contributed by atoms with E-state index in [4.69, 9.17) is 10.9 Å². The molecule has 1 saturated carbocycles. The largest absolute Gasteiger partial charge is 0.409 e. The summed E-state index contributed by atoms with van der Waals surface area (Å²) in [7, 11) is 1.78. The van der Waals surface area contributed by atoms with Crippen LogP contribution in [0.1, 0.15) is 51.4 Å². The molecule has 1 aliphatic rings. The van der Waals surface area contributed by atoms with Gasteiger partial charge in [-0.2, -0.15) is 0 Å². The molecule has 0 aromatic carbocycles. The standard InChI is InChI=1S/C13H25N3O2/c1-16(9-8-12(14)15-18)13(17)10-11-6-4-2-3-5-7-11/h11,18H,2-10H2,1H3,(H2,14,15). The Morgan fingerprint density at radius 1 is 1.33 bits per heavy atom. The monoisotopic (exact) mass is 255 g/mol. The van der Waals surface area contributed by atoms with Crippen molar-refractivity contribution in [3.05, 3.63) is 0 Å². The molecule has 0 unspecified atom stereocenters. The van der Waals surface area contributed by atoms with Crippen molar-refractivity contribution in [3.63, 3.8) is 0 Å². The van der Waals surface area contributed by atoms with Gasteiger partial charge < -0.3 is 15.8 Å². The zero-order valence-corrected chi connectivity index (χ0v) is 11.3. The van der Waals surface area contributed by atoms with Gasteiger partial charge in [-0.15, -0.1) is 0 Å². The van der Waals surface area contributed by atoms with Crippen LogP contribution in [0.4, 0.5) is 0 Å². The Bertz CT molecular complexity index is 284. The number of carbonyl (C=O) groups excluding carboxylic acids is 1. The van der Waals surface area contributed by atoms with E-state index in [9.17, 15) is 4.79 Å². The number of hydrogen-bond acceptors (Lipinski definition) is 3. The molecule has 0 heterocycles. The Labute approximate surface area is 109 Å². The quantitative estimate of drug-likeness (QED) is 0.259. The van der Waals surface area contributed by atoms with Gasteiger partial charge in [0.05, 0.1) is 0 Å². The molecule has 3 N–H and O–H groups in total. The van der Waals surface area contributed by atoms with Crippen molar-refractivity contribution < 1.29 is 10.0 Å². The van der Waals surface area contributed by atoms with Crippen LogP contribution in [0.15, 0.2) is 5.16 Å². The number of rotatable bonds is 5. The zero-order valence-electron chi connectivity index (χ0n) is 11.3. The van der Waals surface area contributed by atoms with Crippen molar-refractivity contribution in [1.82, 2.24) is 4.90 Å². The summed E-state index contributed by atoms with van der Waals surface area (Å²) in [6.07, 6.45) is 8.56. The minimum absolute atomic E-state index is 0.170. The van der Waals surface area contributed by atoms with E-state index in [1.54, 1.807) is 11.9 Å². The fourth-order valence-electron chi connectivity index (χ4n) is 2.43. The molecule has 0 radical (unpaired) electrons. The lowest BCUT2D eigenvalue weighted by atomic mass is 9.96. The Balaban J connectivity index is 2.29. The minimum atomic E-state index is 0.170. The Morgan fingerprint density at radius 2 is 1.94 bits per heavy atom. The molecular weight excluding hydrogens is 230 g/mol. The van der Waals surface area contributed by atoms with Gasteiger partial charge in [0, 0.05) is 26.4 Å². The van der Waals surface area contributed by atoms with Crippen LogP contribution >= 0.6 is 0 Å². The number of amides is 1. The molecule has 0 atom stereocenters. The average molecular weight is 255 g/mol. The van der Waals surface area contributed by atoms with E-state index in [-0.39, 0.29) is 11.7 Å². The predicted molar refractivity (Wildman–Crippen MR) is 71.5 cm³/mol. The molecule has 0 aromatic heterocycles. The maximum absolute atomic E-state index is 12.0.